The highest BCUT2D eigenvalue weighted by atomic mass is 16.7. The molecule has 3 heterocycles. The molecule has 6 heteroatoms. The van der Waals surface area contributed by atoms with Gasteiger partial charge >= 0.3 is 0 Å². The lowest BCUT2D eigenvalue weighted by Crippen LogP contribution is -2.45. The standard InChI is InChI=1S/C22H30N4O2/c1-2-4-19(5-3-1)26-16-23-13-20(26)15-25-10-8-24(9-11-25)14-18-6-7-21-22(12-18)28-17-27-21/h6-7,12-13,16,19H,1-5,8-11,14-15,17H2. The molecular weight excluding hydrogens is 352 g/mol. The van der Waals surface area contributed by atoms with Gasteiger partial charge in [-0.25, -0.2) is 4.98 Å². The van der Waals surface area contributed by atoms with Gasteiger partial charge in [-0.1, -0.05) is 25.3 Å². The largest absolute Gasteiger partial charge is 0.454 e. The van der Waals surface area contributed by atoms with Gasteiger partial charge in [-0.15, -0.1) is 0 Å². The predicted molar refractivity (Wildman–Crippen MR) is 107 cm³/mol. The van der Waals surface area contributed by atoms with Crippen molar-refractivity contribution in [1.82, 2.24) is 19.4 Å². The van der Waals surface area contributed by atoms with Crippen molar-refractivity contribution in [3.63, 3.8) is 0 Å². The number of benzene rings is 1. The first-order chi connectivity index (χ1) is 13.8. The average Bonchev–Trinajstić information content (AvgIpc) is 3.39. The van der Waals surface area contributed by atoms with Crippen LogP contribution in [0.15, 0.2) is 30.7 Å². The van der Waals surface area contributed by atoms with Gasteiger partial charge in [0.15, 0.2) is 11.5 Å². The number of fused-ring (bicyclic) bond motifs is 1. The average molecular weight is 383 g/mol. The van der Waals surface area contributed by atoms with Crippen LogP contribution in [0.1, 0.15) is 49.4 Å². The predicted octanol–water partition coefficient (Wildman–Crippen LogP) is 3.43. The first-order valence-corrected chi connectivity index (χ1v) is 10.7. The van der Waals surface area contributed by atoms with E-state index < -0.39 is 0 Å². The molecule has 0 unspecified atom stereocenters. The summed E-state index contributed by atoms with van der Waals surface area (Å²) in [6, 6.07) is 6.97. The van der Waals surface area contributed by atoms with E-state index in [2.05, 4.69) is 44.0 Å². The summed E-state index contributed by atoms with van der Waals surface area (Å²) in [7, 11) is 0. The molecule has 0 bridgehead atoms. The number of nitrogens with zero attached hydrogens (tertiary/aromatic N) is 4. The molecule has 0 atom stereocenters. The van der Waals surface area contributed by atoms with Crippen molar-refractivity contribution in [1.29, 1.82) is 0 Å². The summed E-state index contributed by atoms with van der Waals surface area (Å²) in [5.74, 6) is 1.75. The molecular formula is C22H30N4O2. The molecule has 3 aliphatic rings. The smallest absolute Gasteiger partial charge is 0.231 e. The van der Waals surface area contributed by atoms with Gasteiger partial charge in [-0.3, -0.25) is 9.80 Å². The maximum Gasteiger partial charge on any atom is 0.231 e. The van der Waals surface area contributed by atoms with E-state index in [0.717, 1.165) is 50.8 Å². The van der Waals surface area contributed by atoms with Gasteiger partial charge in [0.2, 0.25) is 6.79 Å². The third-order valence-electron chi connectivity index (χ3n) is 6.41. The van der Waals surface area contributed by atoms with Crippen LogP contribution in [0, 0.1) is 0 Å². The fourth-order valence-corrected chi connectivity index (χ4v) is 4.77. The van der Waals surface area contributed by atoms with Crippen molar-refractivity contribution in [2.75, 3.05) is 33.0 Å². The van der Waals surface area contributed by atoms with E-state index in [-0.39, 0.29) is 0 Å². The summed E-state index contributed by atoms with van der Waals surface area (Å²) in [4.78, 5) is 9.58. The number of aromatic nitrogens is 2. The molecule has 0 spiro atoms. The molecule has 1 saturated heterocycles. The van der Waals surface area contributed by atoms with Crippen LogP contribution in [0.2, 0.25) is 0 Å². The van der Waals surface area contributed by atoms with Crippen LogP contribution in [0.25, 0.3) is 0 Å². The molecule has 2 fully saturated rings. The molecule has 1 aromatic heterocycles. The number of rotatable bonds is 5. The lowest BCUT2D eigenvalue weighted by molar-refractivity contribution is 0.119. The molecule has 150 valence electrons. The van der Waals surface area contributed by atoms with Crippen molar-refractivity contribution in [3.8, 4) is 11.5 Å². The molecule has 1 saturated carbocycles. The Morgan fingerprint density at radius 3 is 2.46 bits per heavy atom. The Kier molecular flexibility index (Phi) is 5.23. The fourth-order valence-electron chi connectivity index (χ4n) is 4.77. The van der Waals surface area contributed by atoms with Gasteiger partial charge in [0.25, 0.3) is 0 Å². The molecule has 2 aromatic rings. The zero-order valence-corrected chi connectivity index (χ0v) is 16.6. The van der Waals surface area contributed by atoms with Gasteiger partial charge in [0, 0.05) is 51.5 Å². The van der Waals surface area contributed by atoms with Gasteiger partial charge in [-0.05, 0) is 30.5 Å². The van der Waals surface area contributed by atoms with Crippen molar-refractivity contribution in [2.45, 2.75) is 51.2 Å². The van der Waals surface area contributed by atoms with Crippen LogP contribution >= 0.6 is 0 Å². The Balaban J connectivity index is 1.14. The minimum absolute atomic E-state index is 0.342. The van der Waals surface area contributed by atoms with Crippen LogP contribution in [0.4, 0.5) is 0 Å². The number of piperazine rings is 1. The monoisotopic (exact) mass is 382 g/mol. The summed E-state index contributed by atoms with van der Waals surface area (Å²) in [5, 5.41) is 0. The Morgan fingerprint density at radius 1 is 0.893 bits per heavy atom. The molecule has 0 N–H and O–H groups in total. The van der Waals surface area contributed by atoms with Crippen molar-refractivity contribution >= 4 is 0 Å². The fraction of sp³-hybridized carbons (Fsp3) is 0.591. The van der Waals surface area contributed by atoms with E-state index in [1.54, 1.807) is 0 Å². The molecule has 6 nitrogen and oxygen atoms in total. The van der Waals surface area contributed by atoms with Gasteiger partial charge in [0.1, 0.15) is 0 Å². The summed E-state index contributed by atoms with van der Waals surface area (Å²) < 4.78 is 13.4. The highest BCUT2D eigenvalue weighted by molar-refractivity contribution is 5.44. The Hall–Kier alpha value is -2.05. The first-order valence-electron chi connectivity index (χ1n) is 10.7. The normalized spacial score (nSPS) is 21.3. The summed E-state index contributed by atoms with van der Waals surface area (Å²) >= 11 is 0. The summed E-state index contributed by atoms with van der Waals surface area (Å²) in [6.07, 6.45) is 10.9. The van der Waals surface area contributed by atoms with Crippen LogP contribution in [-0.2, 0) is 13.1 Å². The molecule has 2 aliphatic heterocycles. The maximum absolute atomic E-state index is 5.51. The minimum Gasteiger partial charge on any atom is -0.454 e. The van der Waals surface area contributed by atoms with Crippen molar-refractivity contribution < 1.29 is 9.47 Å². The molecule has 0 amide bonds. The first kappa shape index (κ1) is 18.0. The quantitative estimate of drug-likeness (QED) is 0.793. The topological polar surface area (TPSA) is 42.8 Å². The van der Waals surface area contributed by atoms with Gasteiger partial charge < -0.3 is 14.0 Å². The minimum atomic E-state index is 0.342. The van der Waals surface area contributed by atoms with Crippen LogP contribution < -0.4 is 9.47 Å². The Bertz CT molecular complexity index is 792. The second-order valence-corrected chi connectivity index (χ2v) is 8.32. The lowest BCUT2D eigenvalue weighted by Gasteiger charge is -2.35. The molecule has 0 radical (unpaired) electrons. The van der Waals surface area contributed by atoms with Gasteiger partial charge in [0.05, 0.1) is 12.0 Å². The number of imidazole rings is 1. The lowest BCUT2D eigenvalue weighted by atomic mass is 9.95. The second kappa shape index (κ2) is 8.13. The molecule has 1 aromatic carbocycles. The third kappa shape index (κ3) is 3.89. The van der Waals surface area contributed by atoms with E-state index >= 15 is 0 Å². The zero-order chi connectivity index (χ0) is 18.8. The number of ether oxygens (including phenoxy) is 2. The van der Waals surface area contributed by atoms with Crippen LogP contribution in [0.5, 0.6) is 11.5 Å². The SMILES string of the molecule is c1cc2c(cc1CN1CCN(Cc3cncn3C3CCCCC3)CC1)OCO2. The summed E-state index contributed by atoms with van der Waals surface area (Å²) in [6.45, 7) is 6.77. The van der Waals surface area contributed by atoms with Crippen molar-refractivity contribution in [3.05, 3.63) is 42.0 Å². The molecule has 1 aliphatic carbocycles. The number of hydrogen-bond acceptors (Lipinski definition) is 5. The molecule has 28 heavy (non-hydrogen) atoms. The van der Waals surface area contributed by atoms with E-state index in [1.807, 2.05) is 6.07 Å². The second-order valence-electron chi connectivity index (χ2n) is 8.32. The van der Waals surface area contributed by atoms with E-state index in [1.165, 1.54) is 43.4 Å². The van der Waals surface area contributed by atoms with Crippen molar-refractivity contribution in [2.24, 2.45) is 0 Å². The van der Waals surface area contributed by atoms with Gasteiger partial charge in [-0.2, -0.15) is 0 Å². The van der Waals surface area contributed by atoms with E-state index in [0.29, 0.717) is 12.8 Å². The van der Waals surface area contributed by atoms with Crippen LogP contribution in [0.3, 0.4) is 0 Å². The maximum atomic E-state index is 5.51. The Morgan fingerprint density at radius 2 is 1.64 bits per heavy atom. The van der Waals surface area contributed by atoms with E-state index in [9.17, 15) is 0 Å². The highest BCUT2D eigenvalue weighted by Crippen LogP contribution is 2.33. The van der Waals surface area contributed by atoms with Crippen LogP contribution in [-0.4, -0.2) is 52.3 Å². The third-order valence-corrected chi connectivity index (χ3v) is 6.41. The molecule has 5 rings (SSSR count). The number of hydrogen-bond donors (Lipinski definition) is 0. The zero-order valence-electron chi connectivity index (χ0n) is 16.6. The highest BCUT2D eigenvalue weighted by Gasteiger charge is 2.22. The van der Waals surface area contributed by atoms with E-state index in [4.69, 9.17) is 9.47 Å². The Labute approximate surface area is 167 Å². The summed E-state index contributed by atoms with van der Waals surface area (Å²) in [5.41, 5.74) is 2.68.